The summed E-state index contributed by atoms with van der Waals surface area (Å²) in [7, 11) is 1.63. The minimum atomic E-state index is 0.682. The van der Waals surface area contributed by atoms with Gasteiger partial charge in [0.15, 0.2) is 0 Å². The molecule has 0 bridgehead atoms. The Balaban J connectivity index is 2.85. The van der Waals surface area contributed by atoms with E-state index in [1.807, 2.05) is 30.3 Å². The maximum atomic E-state index is 5.90. The third-order valence-electron chi connectivity index (χ3n) is 2.19. The molecule has 0 aliphatic carbocycles. The van der Waals surface area contributed by atoms with Crippen LogP contribution in [0.25, 0.3) is 10.8 Å². The molecule has 0 heterocycles. The number of nitrogens with two attached hydrogens (primary N) is 1. The van der Waals surface area contributed by atoms with Gasteiger partial charge in [-0.25, -0.2) is 0 Å². The van der Waals surface area contributed by atoms with Crippen molar-refractivity contribution >= 4 is 28.1 Å². The Bertz CT molecular complexity index is 482. The third kappa shape index (κ3) is 1.38. The van der Waals surface area contributed by atoms with Gasteiger partial charge < -0.3 is 10.5 Å². The van der Waals surface area contributed by atoms with Gasteiger partial charge >= 0.3 is 0 Å². The number of hydrogen-bond acceptors (Lipinski definition) is 2. The molecular formula is C11H10ClNO. The maximum absolute atomic E-state index is 5.90. The number of hydrogen-bond donors (Lipinski definition) is 1. The highest BCUT2D eigenvalue weighted by Crippen LogP contribution is 2.31. The number of ether oxygens (including phenoxy) is 1. The molecule has 0 fully saturated rings. The molecule has 0 radical (unpaired) electrons. The van der Waals surface area contributed by atoms with Crippen molar-refractivity contribution < 1.29 is 4.74 Å². The molecule has 0 aliphatic heterocycles. The average molecular weight is 208 g/mol. The minimum Gasteiger partial charge on any atom is -0.496 e. The number of methoxy groups -OCH3 is 1. The van der Waals surface area contributed by atoms with Crippen molar-refractivity contribution in [3.05, 3.63) is 35.4 Å². The number of benzene rings is 2. The Kier molecular flexibility index (Phi) is 2.22. The topological polar surface area (TPSA) is 35.2 Å². The Morgan fingerprint density at radius 1 is 1.14 bits per heavy atom. The van der Waals surface area contributed by atoms with Crippen LogP contribution in [0.2, 0.25) is 5.02 Å². The Hall–Kier alpha value is -1.41. The van der Waals surface area contributed by atoms with Crippen molar-refractivity contribution in [3.63, 3.8) is 0 Å². The zero-order valence-electron chi connectivity index (χ0n) is 7.75. The first-order valence-electron chi connectivity index (χ1n) is 4.24. The van der Waals surface area contributed by atoms with Crippen molar-refractivity contribution in [2.45, 2.75) is 0 Å². The number of nitrogen functional groups attached to an aromatic ring is 1. The molecular weight excluding hydrogens is 198 g/mol. The quantitative estimate of drug-likeness (QED) is 0.730. The van der Waals surface area contributed by atoms with Crippen LogP contribution in [0.3, 0.4) is 0 Å². The van der Waals surface area contributed by atoms with Gasteiger partial charge in [0.1, 0.15) is 5.75 Å². The number of halogens is 1. The third-order valence-corrected chi connectivity index (χ3v) is 2.43. The number of rotatable bonds is 1. The van der Waals surface area contributed by atoms with E-state index in [1.165, 1.54) is 0 Å². The molecule has 0 aliphatic rings. The zero-order valence-corrected chi connectivity index (χ0v) is 8.51. The first kappa shape index (κ1) is 9.16. The maximum Gasteiger partial charge on any atom is 0.126 e. The monoisotopic (exact) mass is 207 g/mol. The van der Waals surface area contributed by atoms with Crippen LogP contribution >= 0.6 is 11.6 Å². The summed E-state index contributed by atoms with van der Waals surface area (Å²) in [6, 6.07) is 9.24. The highest BCUT2D eigenvalue weighted by molar-refractivity contribution is 6.31. The predicted molar refractivity (Wildman–Crippen MR) is 59.9 cm³/mol. The zero-order chi connectivity index (χ0) is 10.1. The molecule has 0 saturated heterocycles. The van der Waals surface area contributed by atoms with Crippen LogP contribution in [0.15, 0.2) is 30.3 Å². The van der Waals surface area contributed by atoms with Crippen LogP contribution in [0.1, 0.15) is 0 Å². The summed E-state index contributed by atoms with van der Waals surface area (Å²) in [6.07, 6.45) is 0. The van der Waals surface area contributed by atoms with Crippen molar-refractivity contribution in [2.75, 3.05) is 12.8 Å². The van der Waals surface area contributed by atoms with E-state index in [9.17, 15) is 0 Å². The highest BCUT2D eigenvalue weighted by atomic mass is 35.5. The van der Waals surface area contributed by atoms with Gasteiger partial charge in [0.25, 0.3) is 0 Å². The molecule has 0 aromatic heterocycles. The van der Waals surface area contributed by atoms with Crippen LogP contribution in [0.4, 0.5) is 5.69 Å². The van der Waals surface area contributed by atoms with Crippen molar-refractivity contribution in [2.24, 2.45) is 0 Å². The fourth-order valence-corrected chi connectivity index (χ4v) is 1.67. The first-order chi connectivity index (χ1) is 6.72. The first-order valence-corrected chi connectivity index (χ1v) is 4.62. The Morgan fingerprint density at radius 3 is 2.64 bits per heavy atom. The lowest BCUT2D eigenvalue weighted by Gasteiger charge is -2.07. The van der Waals surface area contributed by atoms with E-state index in [0.29, 0.717) is 5.02 Å². The molecule has 0 spiro atoms. The van der Waals surface area contributed by atoms with Crippen LogP contribution < -0.4 is 10.5 Å². The summed E-state index contributed by atoms with van der Waals surface area (Å²) in [5.74, 6) is 0.789. The molecule has 0 saturated carbocycles. The lowest BCUT2D eigenvalue weighted by Crippen LogP contribution is -1.90. The van der Waals surface area contributed by atoms with Gasteiger partial charge in [0.05, 0.1) is 7.11 Å². The van der Waals surface area contributed by atoms with E-state index in [0.717, 1.165) is 22.2 Å². The lowest BCUT2D eigenvalue weighted by atomic mass is 10.1. The van der Waals surface area contributed by atoms with Gasteiger partial charge in [0.2, 0.25) is 0 Å². The van der Waals surface area contributed by atoms with Crippen molar-refractivity contribution in [1.82, 2.24) is 0 Å². The Labute approximate surface area is 87.2 Å². The van der Waals surface area contributed by atoms with Crippen LogP contribution in [-0.2, 0) is 0 Å². The van der Waals surface area contributed by atoms with E-state index >= 15 is 0 Å². The van der Waals surface area contributed by atoms with Crippen molar-refractivity contribution in [3.8, 4) is 5.75 Å². The Morgan fingerprint density at radius 2 is 1.93 bits per heavy atom. The second kappa shape index (κ2) is 3.39. The molecule has 3 heteroatoms. The summed E-state index contributed by atoms with van der Waals surface area (Å²) in [6.45, 7) is 0. The van der Waals surface area contributed by atoms with Crippen LogP contribution in [0.5, 0.6) is 5.75 Å². The average Bonchev–Trinajstić information content (AvgIpc) is 2.18. The van der Waals surface area contributed by atoms with Gasteiger partial charge in [-0.1, -0.05) is 17.7 Å². The largest absolute Gasteiger partial charge is 0.496 e. The van der Waals surface area contributed by atoms with E-state index < -0.39 is 0 Å². The van der Waals surface area contributed by atoms with Crippen molar-refractivity contribution in [1.29, 1.82) is 0 Å². The summed E-state index contributed by atoms with van der Waals surface area (Å²) in [4.78, 5) is 0. The molecule has 0 unspecified atom stereocenters. The van der Waals surface area contributed by atoms with E-state index in [1.54, 1.807) is 7.11 Å². The molecule has 2 rings (SSSR count). The standard InChI is InChI=1S/C11H10ClNO/c1-14-11-5-4-10(13)8-3-2-7(12)6-9(8)11/h2-6H,13H2,1H3. The van der Waals surface area contributed by atoms with Crippen LogP contribution in [-0.4, -0.2) is 7.11 Å². The van der Waals surface area contributed by atoms with Gasteiger partial charge in [-0.2, -0.15) is 0 Å². The molecule has 2 N–H and O–H groups in total. The molecule has 2 nitrogen and oxygen atoms in total. The SMILES string of the molecule is COc1ccc(N)c2ccc(Cl)cc12. The van der Waals surface area contributed by atoms with Crippen LogP contribution in [0, 0.1) is 0 Å². The molecule has 0 amide bonds. The summed E-state index contributed by atoms with van der Waals surface area (Å²) >= 11 is 5.90. The van der Waals surface area contributed by atoms with E-state index in [-0.39, 0.29) is 0 Å². The number of anilines is 1. The minimum absolute atomic E-state index is 0.682. The van der Waals surface area contributed by atoms with Gasteiger partial charge in [-0.3, -0.25) is 0 Å². The fourth-order valence-electron chi connectivity index (χ4n) is 1.50. The van der Waals surface area contributed by atoms with E-state index in [2.05, 4.69) is 0 Å². The fraction of sp³-hybridized carbons (Fsp3) is 0.0909. The molecule has 2 aromatic carbocycles. The second-order valence-electron chi connectivity index (χ2n) is 3.05. The lowest BCUT2D eigenvalue weighted by molar-refractivity contribution is 0.420. The predicted octanol–water partition coefficient (Wildman–Crippen LogP) is 3.08. The van der Waals surface area contributed by atoms with Gasteiger partial charge in [-0.15, -0.1) is 0 Å². The molecule has 2 aromatic rings. The van der Waals surface area contributed by atoms with E-state index in [4.69, 9.17) is 22.1 Å². The second-order valence-corrected chi connectivity index (χ2v) is 3.48. The molecule has 72 valence electrons. The molecule has 0 atom stereocenters. The smallest absolute Gasteiger partial charge is 0.126 e. The number of fused-ring (bicyclic) bond motifs is 1. The normalized spacial score (nSPS) is 10.4. The molecule has 14 heavy (non-hydrogen) atoms. The highest BCUT2D eigenvalue weighted by Gasteiger charge is 2.04. The van der Waals surface area contributed by atoms with Gasteiger partial charge in [0, 0.05) is 21.5 Å². The summed E-state index contributed by atoms with van der Waals surface area (Å²) in [5.41, 5.74) is 6.56. The summed E-state index contributed by atoms with van der Waals surface area (Å²) < 4.78 is 5.22. The summed E-state index contributed by atoms with van der Waals surface area (Å²) in [5, 5.41) is 2.59. The van der Waals surface area contributed by atoms with Gasteiger partial charge in [-0.05, 0) is 24.3 Å².